The number of hydrogen-bond donors (Lipinski definition) is 2. The summed E-state index contributed by atoms with van der Waals surface area (Å²) in [5.41, 5.74) is 7.54. The summed E-state index contributed by atoms with van der Waals surface area (Å²) in [6.45, 7) is 3.55. The number of carboxylic acid groups (broad SMARTS) is 1. The lowest BCUT2D eigenvalue weighted by Gasteiger charge is -2.14. The number of hydrogen-bond acceptors (Lipinski definition) is 4. The number of ketones is 1. The molecule has 18 heavy (non-hydrogen) atoms. The van der Waals surface area contributed by atoms with Crippen LogP contribution in [0.4, 0.5) is 0 Å². The summed E-state index contributed by atoms with van der Waals surface area (Å²) in [5, 5.41) is 8.65. The maximum atomic E-state index is 12.1. The van der Waals surface area contributed by atoms with Crippen LogP contribution in [0.2, 0.25) is 0 Å². The summed E-state index contributed by atoms with van der Waals surface area (Å²) >= 11 is 0. The van der Waals surface area contributed by atoms with Crippen molar-refractivity contribution in [3.8, 4) is 5.75 Å². The van der Waals surface area contributed by atoms with Gasteiger partial charge < -0.3 is 15.6 Å². The van der Waals surface area contributed by atoms with Crippen LogP contribution in [0.3, 0.4) is 0 Å². The Morgan fingerprint density at radius 3 is 2.22 bits per heavy atom. The van der Waals surface area contributed by atoms with Crippen molar-refractivity contribution < 1.29 is 19.4 Å². The Morgan fingerprint density at radius 2 is 1.83 bits per heavy atom. The van der Waals surface area contributed by atoms with Gasteiger partial charge in [0.05, 0.1) is 19.6 Å². The molecule has 0 fully saturated rings. The number of aliphatic carboxylic acids is 1. The highest BCUT2D eigenvalue weighted by molar-refractivity contribution is 6.03. The molecule has 0 amide bonds. The Morgan fingerprint density at radius 1 is 1.33 bits per heavy atom. The molecule has 0 saturated heterocycles. The van der Waals surface area contributed by atoms with Gasteiger partial charge in [0, 0.05) is 5.56 Å². The van der Waals surface area contributed by atoms with E-state index in [0.717, 1.165) is 11.1 Å². The Kier molecular flexibility index (Phi) is 4.44. The highest BCUT2D eigenvalue weighted by Gasteiger charge is 2.22. The molecule has 0 aromatic heterocycles. The van der Waals surface area contributed by atoms with E-state index in [1.807, 2.05) is 0 Å². The van der Waals surface area contributed by atoms with Crippen LogP contribution in [0.25, 0.3) is 0 Å². The van der Waals surface area contributed by atoms with E-state index in [4.69, 9.17) is 15.6 Å². The fraction of sp³-hybridized carbons (Fsp3) is 0.385. The van der Waals surface area contributed by atoms with Crippen LogP contribution in [0, 0.1) is 13.8 Å². The molecule has 0 aliphatic carbocycles. The first-order chi connectivity index (χ1) is 8.36. The van der Waals surface area contributed by atoms with Crippen molar-refractivity contribution in [2.75, 3.05) is 7.11 Å². The molecule has 0 spiro atoms. The van der Waals surface area contributed by atoms with E-state index < -0.39 is 12.0 Å². The molecule has 0 aliphatic heterocycles. The van der Waals surface area contributed by atoms with E-state index in [-0.39, 0.29) is 12.2 Å². The first kappa shape index (κ1) is 14.2. The van der Waals surface area contributed by atoms with E-state index in [1.54, 1.807) is 33.1 Å². The van der Waals surface area contributed by atoms with Gasteiger partial charge in [0.1, 0.15) is 5.75 Å². The number of aryl methyl sites for hydroxylation is 2. The zero-order chi connectivity index (χ0) is 13.9. The van der Waals surface area contributed by atoms with Gasteiger partial charge in [0.2, 0.25) is 0 Å². The zero-order valence-electron chi connectivity index (χ0n) is 10.7. The van der Waals surface area contributed by atoms with E-state index in [2.05, 4.69) is 0 Å². The predicted molar refractivity (Wildman–Crippen MR) is 67.0 cm³/mol. The smallest absolute Gasteiger partial charge is 0.305 e. The summed E-state index contributed by atoms with van der Waals surface area (Å²) in [6.07, 6.45) is -0.371. The van der Waals surface area contributed by atoms with Gasteiger partial charge in [0.15, 0.2) is 5.78 Å². The summed E-state index contributed by atoms with van der Waals surface area (Å²) < 4.78 is 5.10. The number of rotatable bonds is 5. The molecule has 5 nitrogen and oxygen atoms in total. The minimum Gasteiger partial charge on any atom is -0.497 e. The molecular weight excluding hydrogens is 234 g/mol. The molecule has 0 saturated carbocycles. The zero-order valence-corrected chi connectivity index (χ0v) is 10.7. The second-order valence-electron chi connectivity index (χ2n) is 4.20. The average molecular weight is 251 g/mol. The quantitative estimate of drug-likeness (QED) is 0.770. The van der Waals surface area contributed by atoms with Gasteiger partial charge in [-0.1, -0.05) is 0 Å². The van der Waals surface area contributed by atoms with Gasteiger partial charge in [-0.25, -0.2) is 0 Å². The second-order valence-corrected chi connectivity index (χ2v) is 4.20. The SMILES string of the molecule is COc1cc(C)c(C(=O)C(N)CC(=O)O)c(C)c1. The van der Waals surface area contributed by atoms with Crippen LogP contribution >= 0.6 is 0 Å². The number of Topliss-reactive ketones (excluding diaryl/α,β-unsaturated/α-hetero) is 1. The number of carbonyl (C=O) groups is 2. The third kappa shape index (κ3) is 3.07. The van der Waals surface area contributed by atoms with Crippen LogP contribution in [-0.2, 0) is 4.79 Å². The fourth-order valence-corrected chi connectivity index (χ4v) is 1.90. The van der Waals surface area contributed by atoms with Crippen molar-refractivity contribution in [3.05, 3.63) is 28.8 Å². The lowest BCUT2D eigenvalue weighted by Crippen LogP contribution is -2.33. The third-order valence-electron chi connectivity index (χ3n) is 2.72. The van der Waals surface area contributed by atoms with Crippen molar-refractivity contribution in [1.82, 2.24) is 0 Å². The van der Waals surface area contributed by atoms with Crippen molar-refractivity contribution in [2.24, 2.45) is 5.73 Å². The molecule has 1 unspecified atom stereocenters. The standard InChI is InChI=1S/C13H17NO4/c1-7-4-9(18-3)5-8(2)12(7)13(17)10(14)6-11(15)16/h4-5,10H,6,14H2,1-3H3,(H,15,16). The first-order valence-electron chi connectivity index (χ1n) is 5.53. The number of carbonyl (C=O) groups excluding carboxylic acids is 1. The molecule has 0 aliphatic rings. The van der Waals surface area contributed by atoms with Gasteiger partial charge >= 0.3 is 5.97 Å². The van der Waals surface area contributed by atoms with Crippen LogP contribution in [-0.4, -0.2) is 30.0 Å². The van der Waals surface area contributed by atoms with Crippen molar-refractivity contribution in [3.63, 3.8) is 0 Å². The van der Waals surface area contributed by atoms with Crippen LogP contribution in [0.15, 0.2) is 12.1 Å². The maximum Gasteiger partial charge on any atom is 0.305 e. The molecule has 0 radical (unpaired) electrons. The van der Waals surface area contributed by atoms with E-state index >= 15 is 0 Å². The normalized spacial score (nSPS) is 12.0. The first-order valence-corrected chi connectivity index (χ1v) is 5.53. The predicted octanol–water partition coefficient (Wildman–Crippen LogP) is 1.30. The number of nitrogens with two attached hydrogens (primary N) is 1. The molecule has 1 aromatic rings. The highest BCUT2D eigenvalue weighted by Crippen LogP contribution is 2.23. The van der Waals surface area contributed by atoms with Crippen LogP contribution in [0.5, 0.6) is 5.75 Å². The lowest BCUT2D eigenvalue weighted by molar-refractivity contribution is -0.137. The summed E-state index contributed by atoms with van der Waals surface area (Å²) in [6, 6.07) is 2.44. The lowest BCUT2D eigenvalue weighted by atomic mass is 9.94. The van der Waals surface area contributed by atoms with E-state index in [9.17, 15) is 9.59 Å². The minimum atomic E-state index is -1.08. The number of carboxylic acids is 1. The summed E-state index contributed by atoms with van der Waals surface area (Å²) in [7, 11) is 1.55. The number of ether oxygens (including phenoxy) is 1. The Labute approximate surface area is 106 Å². The van der Waals surface area contributed by atoms with E-state index in [1.165, 1.54) is 0 Å². The summed E-state index contributed by atoms with van der Waals surface area (Å²) in [4.78, 5) is 22.7. The van der Waals surface area contributed by atoms with Crippen LogP contribution < -0.4 is 10.5 Å². The van der Waals surface area contributed by atoms with Crippen LogP contribution in [0.1, 0.15) is 27.9 Å². The maximum absolute atomic E-state index is 12.1. The molecular formula is C13H17NO4. The van der Waals surface area contributed by atoms with Crippen molar-refractivity contribution in [2.45, 2.75) is 26.3 Å². The highest BCUT2D eigenvalue weighted by atomic mass is 16.5. The molecule has 5 heteroatoms. The molecule has 0 bridgehead atoms. The van der Waals surface area contributed by atoms with Gasteiger partial charge in [-0.15, -0.1) is 0 Å². The Balaban J connectivity index is 3.09. The Bertz CT molecular complexity index is 459. The second kappa shape index (κ2) is 5.64. The average Bonchev–Trinajstić information content (AvgIpc) is 2.26. The summed E-state index contributed by atoms with van der Waals surface area (Å²) in [5.74, 6) is -0.775. The number of benzene rings is 1. The molecule has 0 heterocycles. The van der Waals surface area contributed by atoms with Gasteiger partial charge in [-0.05, 0) is 37.1 Å². The molecule has 1 atom stereocenters. The largest absolute Gasteiger partial charge is 0.497 e. The van der Waals surface area contributed by atoms with E-state index in [0.29, 0.717) is 11.3 Å². The minimum absolute atomic E-state index is 0.352. The van der Waals surface area contributed by atoms with Gasteiger partial charge in [-0.3, -0.25) is 9.59 Å². The molecule has 1 rings (SSSR count). The van der Waals surface area contributed by atoms with Gasteiger partial charge in [-0.2, -0.15) is 0 Å². The monoisotopic (exact) mass is 251 g/mol. The molecule has 1 aromatic carbocycles. The Hall–Kier alpha value is -1.88. The number of methoxy groups -OCH3 is 1. The molecule has 3 N–H and O–H groups in total. The fourth-order valence-electron chi connectivity index (χ4n) is 1.90. The third-order valence-corrected chi connectivity index (χ3v) is 2.72. The van der Waals surface area contributed by atoms with Crippen molar-refractivity contribution in [1.29, 1.82) is 0 Å². The van der Waals surface area contributed by atoms with Crippen molar-refractivity contribution >= 4 is 11.8 Å². The topological polar surface area (TPSA) is 89.6 Å². The molecule has 98 valence electrons. The van der Waals surface area contributed by atoms with Gasteiger partial charge in [0.25, 0.3) is 0 Å².